The van der Waals surface area contributed by atoms with Crippen molar-refractivity contribution in [1.82, 2.24) is 20.1 Å². The number of nitrogens with one attached hydrogen (secondary N) is 2. The third kappa shape index (κ3) is 3.21. The molecular weight excluding hydrogens is 316 g/mol. The Morgan fingerprint density at radius 2 is 1.96 bits per heavy atom. The van der Waals surface area contributed by atoms with Crippen LogP contribution in [0, 0.1) is 0 Å². The molecule has 2 saturated heterocycles. The minimum atomic E-state index is 0.0455. The summed E-state index contributed by atoms with van der Waals surface area (Å²) >= 11 is 0. The van der Waals surface area contributed by atoms with E-state index >= 15 is 0 Å². The number of piperidine rings is 1. The molecule has 2 N–H and O–H groups in total. The lowest BCUT2D eigenvalue weighted by molar-refractivity contribution is -0.132. The Morgan fingerprint density at radius 1 is 1.16 bits per heavy atom. The largest absolute Gasteiger partial charge is 0.361 e. The van der Waals surface area contributed by atoms with Gasteiger partial charge in [-0.15, -0.1) is 0 Å². The number of aryl methyl sites for hydroxylation is 1. The van der Waals surface area contributed by atoms with E-state index in [9.17, 15) is 9.59 Å². The Kier molecular flexibility index (Phi) is 4.34. The van der Waals surface area contributed by atoms with Gasteiger partial charge < -0.3 is 20.1 Å². The van der Waals surface area contributed by atoms with E-state index in [2.05, 4.69) is 22.4 Å². The molecule has 0 bridgehead atoms. The first-order chi connectivity index (χ1) is 12.2. The number of hydrogen-bond acceptors (Lipinski definition) is 2. The van der Waals surface area contributed by atoms with Gasteiger partial charge in [0.25, 0.3) is 0 Å². The summed E-state index contributed by atoms with van der Waals surface area (Å²) in [7, 11) is 0. The topological polar surface area (TPSA) is 68.4 Å². The Bertz CT molecular complexity index is 777. The van der Waals surface area contributed by atoms with Crippen LogP contribution in [0.4, 0.5) is 4.79 Å². The highest BCUT2D eigenvalue weighted by Gasteiger charge is 2.31. The van der Waals surface area contributed by atoms with Crippen LogP contribution in [0.2, 0.25) is 0 Å². The van der Waals surface area contributed by atoms with E-state index in [-0.39, 0.29) is 18.0 Å². The van der Waals surface area contributed by atoms with E-state index in [1.165, 1.54) is 10.9 Å². The minimum Gasteiger partial charge on any atom is -0.361 e. The quantitative estimate of drug-likeness (QED) is 0.895. The Balaban J connectivity index is 1.30. The number of likely N-dealkylation sites (tertiary alicyclic amines) is 1. The molecule has 0 atom stereocenters. The van der Waals surface area contributed by atoms with E-state index in [1.54, 1.807) is 0 Å². The zero-order chi connectivity index (χ0) is 17.2. The molecule has 0 aliphatic carbocycles. The van der Waals surface area contributed by atoms with Crippen LogP contribution in [-0.4, -0.2) is 58.9 Å². The highest BCUT2D eigenvalue weighted by Crippen LogP contribution is 2.21. The number of benzene rings is 1. The number of carbonyl (C=O) groups is 2. The van der Waals surface area contributed by atoms with Gasteiger partial charge in [-0.1, -0.05) is 18.2 Å². The molecule has 1 aromatic heterocycles. The van der Waals surface area contributed by atoms with Gasteiger partial charge in [0, 0.05) is 55.7 Å². The van der Waals surface area contributed by atoms with Crippen molar-refractivity contribution in [2.24, 2.45) is 0 Å². The lowest BCUT2D eigenvalue weighted by atomic mass is 10.0. The third-order valence-corrected chi connectivity index (χ3v) is 5.43. The van der Waals surface area contributed by atoms with Crippen molar-refractivity contribution < 1.29 is 9.59 Å². The van der Waals surface area contributed by atoms with Gasteiger partial charge in [-0.25, -0.2) is 4.79 Å². The number of amides is 3. The molecule has 0 spiro atoms. The third-order valence-electron chi connectivity index (χ3n) is 5.43. The summed E-state index contributed by atoms with van der Waals surface area (Å²) in [5.41, 5.74) is 2.32. The highest BCUT2D eigenvalue weighted by atomic mass is 16.2. The van der Waals surface area contributed by atoms with Crippen molar-refractivity contribution >= 4 is 22.8 Å². The summed E-state index contributed by atoms with van der Waals surface area (Å²) < 4.78 is 0. The molecule has 2 fully saturated rings. The number of hydrogen-bond donors (Lipinski definition) is 2. The number of urea groups is 1. The lowest BCUT2D eigenvalue weighted by Crippen LogP contribution is -2.47. The monoisotopic (exact) mass is 340 g/mol. The maximum atomic E-state index is 12.5. The molecule has 3 amide bonds. The number of H-pyrrole nitrogens is 1. The number of aromatic amines is 1. The maximum absolute atomic E-state index is 12.5. The number of carbonyl (C=O) groups excluding carboxylic acids is 2. The normalized spacial score (nSPS) is 18.8. The summed E-state index contributed by atoms with van der Waals surface area (Å²) in [5.74, 6) is 0.217. The van der Waals surface area contributed by atoms with Crippen molar-refractivity contribution in [3.8, 4) is 0 Å². The van der Waals surface area contributed by atoms with Crippen molar-refractivity contribution in [2.75, 3.05) is 26.2 Å². The number of fused-ring (bicyclic) bond motifs is 1. The van der Waals surface area contributed by atoms with E-state index in [4.69, 9.17) is 0 Å². The fraction of sp³-hybridized carbons (Fsp3) is 0.474. The number of nitrogens with zero attached hydrogens (tertiary/aromatic N) is 2. The van der Waals surface area contributed by atoms with Gasteiger partial charge >= 0.3 is 6.03 Å². The summed E-state index contributed by atoms with van der Waals surface area (Å²) in [6, 6.07) is 8.52. The van der Waals surface area contributed by atoms with Crippen LogP contribution >= 0.6 is 0 Å². The fourth-order valence-corrected chi connectivity index (χ4v) is 4.00. The Morgan fingerprint density at radius 3 is 2.72 bits per heavy atom. The average Bonchev–Trinajstić information content (AvgIpc) is 3.26. The number of rotatable bonds is 4. The standard InChI is InChI=1S/C19H24N4O2/c24-18(6-5-14-13-21-17-4-2-1-3-16(14)17)22-10-7-15(8-11-22)23-12-9-20-19(23)25/h1-4,13,15,21H,5-12H2,(H,20,25). The maximum Gasteiger partial charge on any atom is 0.317 e. The molecule has 6 nitrogen and oxygen atoms in total. The van der Waals surface area contributed by atoms with Crippen LogP contribution < -0.4 is 5.32 Å². The molecule has 4 rings (SSSR count). The van der Waals surface area contributed by atoms with Gasteiger partial charge in [0.15, 0.2) is 0 Å². The summed E-state index contributed by atoms with van der Waals surface area (Å²) in [4.78, 5) is 31.5. The predicted molar refractivity (Wildman–Crippen MR) is 96.3 cm³/mol. The molecule has 2 aliphatic rings. The lowest BCUT2D eigenvalue weighted by Gasteiger charge is -2.36. The van der Waals surface area contributed by atoms with Crippen molar-refractivity contribution in [3.63, 3.8) is 0 Å². The second-order valence-corrected chi connectivity index (χ2v) is 6.90. The second-order valence-electron chi connectivity index (χ2n) is 6.90. The van der Waals surface area contributed by atoms with E-state index < -0.39 is 0 Å². The van der Waals surface area contributed by atoms with Gasteiger partial charge in [-0.05, 0) is 30.9 Å². The first-order valence-electron chi connectivity index (χ1n) is 9.09. The van der Waals surface area contributed by atoms with Gasteiger partial charge in [0.05, 0.1) is 0 Å². The molecule has 0 unspecified atom stereocenters. The number of para-hydroxylation sites is 1. The molecule has 2 aromatic rings. The second kappa shape index (κ2) is 6.78. The minimum absolute atomic E-state index is 0.0455. The Hall–Kier alpha value is -2.50. The molecule has 25 heavy (non-hydrogen) atoms. The first kappa shape index (κ1) is 16.0. The van der Waals surface area contributed by atoms with Gasteiger partial charge in [-0.3, -0.25) is 4.79 Å². The molecule has 0 saturated carbocycles. The van der Waals surface area contributed by atoms with Crippen LogP contribution in [-0.2, 0) is 11.2 Å². The van der Waals surface area contributed by atoms with E-state index in [1.807, 2.05) is 28.1 Å². The SMILES string of the molecule is O=C(CCc1c[nH]c2ccccc12)N1CCC(N2CCNC2=O)CC1. The van der Waals surface area contributed by atoms with Gasteiger partial charge in [-0.2, -0.15) is 0 Å². The molecule has 3 heterocycles. The van der Waals surface area contributed by atoms with Crippen molar-refractivity contribution in [3.05, 3.63) is 36.0 Å². The van der Waals surface area contributed by atoms with E-state index in [0.717, 1.165) is 51.0 Å². The van der Waals surface area contributed by atoms with E-state index in [0.29, 0.717) is 6.42 Å². The van der Waals surface area contributed by atoms with Gasteiger partial charge in [0.2, 0.25) is 5.91 Å². The number of aromatic nitrogens is 1. The molecule has 2 aliphatic heterocycles. The summed E-state index contributed by atoms with van der Waals surface area (Å²) in [6.07, 6.45) is 5.07. The zero-order valence-electron chi connectivity index (χ0n) is 14.3. The smallest absolute Gasteiger partial charge is 0.317 e. The van der Waals surface area contributed by atoms with Crippen LogP contribution in [0.1, 0.15) is 24.8 Å². The molecule has 0 radical (unpaired) electrons. The highest BCUT2D eigenvalue weighted by molar-refractivity contribution is 5.84. The first-order valence-corrected chi connectivity index (χ1v) is 9.09. The average molecular weight is 340 g/mol. The predicted octanol–water partition coefficient (Wildman–Crippen LogP) is 2.12. The van der Waals surface area contributed by atoms with Crippen molar-refractivity contribution in [1.29, 1.82) is 0 Å². The molecular formula is C19H24N4O2. The molecule has 6 heteroatoms. The van der Waals surface area contributed by atoms with Gasteiger partial charge in [0.1, 0.15) is 0 Å². The summed E-state index contributed by atoms with van der Waals surface area (Å²) in [6.45, 7) is 3.03. The van der Waals surface area contributed by atoms with Crippen LogP contribution in [0.25, 0.3) is 10.9 Å². The molecule has 1 aromatic carbocycles. The van der Waals surface area contributed by atoms with Crippen LogP contribution in [0.5, 0.6) is 0 Å². The van der Waals surface area contributed by atoms with Crippen LogP contribution in [0.15, 0.2) is 30.5 Å². The van der Waals surface area contributed by atoms with Crippen molar-refractivity contribution in [2.45, 2.75) is 31.7 Å². The Labute approximate surface area is 147 Å². The van der Waals surface area contributed by atoms with Crippen LogP contribution in [0.3, 0.4) is 0 Å². The summed E-state index contributed by atoms with van der Waals surface area (Å²) in [5, 5.41) is 4.06. The zero-order valence-corrected chi connectivity index (χ0v) is 14.3. The fourth-order valence-electron chi connectivity index (χ4n) is 4.00. The molecule has 132 valence electrons.